The van der Waals surface area contributed by atoms with Crippen LogP contribution in [0.5, 0.6) is 0 Å². The summed E-state index contributed by atoms with van der Waals surface area (Å²) in [6, 6.07) is 3.45. The fraction of sp³-hybridized carbons (Fsp3) is 0.600. The average Bonchev–Trinajstić information content (AvgIpc) is 2.52. The van der Waals surface area contributed by atoms with E-state index in [4.69, 9.17) is 0 Å². The molecule has 122 valence electrons. The first-order valence-corrected chi connectivity index (χ1v) is 9.42. The molecule has 1 aromatic heterocycles. The molecule has 1 N–H and O–H groups in total. The summed E-state index contributed by atoms with van der Waals surface area (Å²) in [7, 11) is -3.11. The molecule has 0 aromatic carbocycles. The Kier molecular flexibility index (Phi) is 5.52. The second-order valence-corrected chi connectivity index (χ2v) is 7.71. The van der Waals surface area contributed by atoms with Gasteiger partial charge >= 0.3 is 0 Å². The lowest BCUT2D eigenvalue weighted by Crippen LogP contribution is -2.46. The number of pyridine rings is 1. The zero-order valence-electron chi connectivity index (χ0n) is 13.0. The van der Waals surface area contributed by atoms with E-state index in [-0.39, 0.29) is 11.9 Å². The Morgan fingerprint density at radius 1 is 1.36 bits per heavy atom. The lowest BCUT2D eigenvalue weighted by molar-refractivity contribution is 0.0906. The van der Waals surface area contributed by atoms with Crippen molar-refractivity contribution in [3.8, 4) is 0 Å². The van der Waals surface area contributed by atoms with Gasteiger partial charge in [0.15, 0.2) is 0 Å². The minimum atomic E-state index is -3.11. The Morgan fingerprint density at radius 3 is 2.45 bits per heavy atom. The minimum Gasteiger partial charge on any atom is -0.349 e. The molecule has 7 heteroatoms. The zero-order chi connectivity index (χ0) is 16.2. The molecule has 1 aliphatic heterocycles. The van der Waals surface area contributed by atoms with Gasteiger partial charge in [-0.3, -0.25) is 9.78 Å². The topological polar surface area (TPSA) is 79.4 Å². The van der Waals surface area contributed by atoms with Crippen LogP contribution in [-0.4, -0.2) is 49.0 Å². The molecule has 0 aliphatic carbocycles. The van der Waals surface area contributed by atoms with Crippen LogP contribution in [0.1, 0.15) is 36.5 Å². The van der Waals surface area contributed by atoms with Gasteiger partial charge in [0.25, 0.3) is 5.91 Å². The van der Waals surface area contributed by atoms with Crippen molar-refractivity contribution in [2.45, 2.75) is 32.2 Å². The number of nitrogens with one attached hydrogen (secondary N) is 1. The van der Waals surface area contributed by atoms with Crippen molar-refractivity contribution >= 4 is 15.9 Å². The van der Waals surface area contributed by atoms with Crippen molar-refractivity contribution in [1.82, 2.24) is 14.6 Å². The molecule has 1 unspecified atom stereocenters. The highest BCUT2D eigenvalue weighted by atomic mass is 32.2. The van der Waals surface area contributed by atoms with Crippen LogP contribution in [0.4, 0.5) is 0 Å². The monoisotopic (exact) mass is 325 g/mol. The van der Waals surface area contributed by atoms with Gasteiger partial charge in [-0.05, 0) is 37.3 Å². The normalized spacial score (nSPS) is 18.8. The number of carbonyl (C=O) groups is 1. The molecule has 0 radical (unpaired) electrons. The van der Waals surface area contributed by atoms with Crippen LogP contribution in [0.25, 0.3) is 0 Å². The number of rotatable bonds is 5. The molecule has 0 bridgehead atoms. The Hall–Kier alpha value is -1.47. The summed E-state index contributed by atoms with van der Waals surface area (Å²) in [6.07, 6.45) is 6.83. The third kappa shape index (κ3) is 4.27. The van der Waals surface area contributed by atoms with Gasteiger partial charge in [0, 0.05) is 37.1 Å². The highest BCUT2D eigenvalue weighted by Gasteiger charge is 2.29. The van der Waals surface area contributed by atoms with Crippen LogP contribution >= 0.6 is 0 Å². The van der Waals surface area contributed by atoms with Crippen molar-refractivity contribution in [3.05, 3.63) is 30.1 Å². The summed E-state index contributed by atoms with van der Waals surface area (Å²) in [5.74, 6) is 0.216. The largest absolute Gasteiger partial charge is 0.349 e. The minimum absolute atomic E-state index is 0.0716. The molecule has 6 nitrogen and oxygen atoms in total. The number of hydrogen-bond donors (Lipinski definition) is 1. The molecular weight excluding hydrogens is 302 g/mol. The highest BCUT2D eigenvalue weighted by Crippen LogP contribution is 2.24. The van der Waals surface area contributed by atoms with Crippen molar-refractivity contribution in [1.29, 1.82) is 0 Å². The van der Waals surface area contributed by atoms with Gasteiger partial charge in [0.1, 0.15) is 0 Å². The van der Waals surface area contributed by atoms with E-state index in [0.29, 0.717) is 24.6 Å². The quantitative estimate of drug-likeness (QED) is 0.884. The van der Waals surface area contributed by atoms with Crippen LogP contribution < -0.4 is 5.32 Å². The fourth-order valence-electron chi connectivity index (χ4n) is 2.92. The van der Waals surface area contributed by atoms with E-state index in [9.17, 15) is 13.2 Å². The number of sulfonamides is 1. The molecule has 1 saturated heterocycles. The van der Waals surface area contributed by atoms with Gasteiger partial charge in [0.2, 0.25) is 10.0 Å². The van der Waals surface area contributed by atoms with Gasteiger partial charge in [-0.15, -0.1) is 0 Å². The van der Waals surface area contributed by atoms with E-state index < -0.39 is 10.0 Å². The number of carbonyl (C=O) groups excluding carboxylic acids is 1. The van der Waals surface area contributed by atoms with E-state index in [1.165, 1.54) is 10.6 Å². The van der Waals surface area contributed by atoms with E-state index in [1.807, 2.05) is 6.92 Å². The number of piperidine rings is 1. The van der Waals surface area contributed by atoms with Crippen molar-refractivity contribution in [2.75, 3.05) is 19.3 Å². The van der Waals surface area contributed by atoms with E-state index >= 15 is 0 Å². The molecule has 2 rings (SSSR count). The maximum Gasteiger partial charge on any atom is 0.251 e. The van der Waals surface area contributed by atoms with Crippen LogP contribution in [0.15, 0.2) is 24.5 Å². The Labute approximate surface area is 132 Å². The Balaban J connectivity index is 1.94. The van der Waals surface area contributed by atoms with Crippen molar-refractivity contribution in [3.63, 3.8) is 0 Å². The van der Waals surface area contributed by atoms with Crippen molar-refractivity contribution < 1.29 is 13.2 Å². The maximum absolute atomic E-state index is 12.2. The first-order chi connectivity index (χ1) is 10.4. The first kappa shape index (κ1) is 16.9. The summed E-state index contributed by atoms with van der Waals surface area (Å²) in [5.41, 5.74) is 0.599. The van der Waals surface area contributed by atoms with Gasteiger partial charge in [-0.2, -0.15) is 0 Å². The number of hydrogen-bond acceptors (Lipinski definition) is 4. The molecule has 1 fully saturated rings. The standard InChI is InChI=1S/C15H23N3O3S/c1-3-14(17-15(19)13-4-8-16-9-5-13)12-6-10-18(11-7-12)22(2,20)21/h4-5,8-9,12,14H,3,6-7,10-11H2,1-2H3,(H,17,19). The molecule has 1 atom stereocenters. The van der Waals surface area contributed by atoms with Crippen LogP contribution in [-0.2, 0) is 10.0 Å². The van der Waals surface area contributed by atoms with Gasteiger partial charge in [-0.25, -0.2) is 12.7 Å². The number of aromatic nitrogens is 1. The summed E-state index contributed by atoms with van der Waals surface area (Å²) in [6.45, 7) is 3.11. The molecule has 2 heterocycles. The Morgan fingerprint density at radius 2 is 1.95 bits per heavy atom. The molecular formula is C15H23N3O3S. The second kappa shape index (κ2) is 7.19. The van der Waals surface area contributed by atoms with Crippen molar-refractivity contribution in [2.24, 2.45) is 5.92 Å². The molecule has 0 saturated carbocycles. The fourth-order valence-corrected chi connectivity index (χ4v) is 3.79. The van der Waals surface area contributed by atoms with Gasteiger partial charge in [0.05, 0.1) is 6.26 Å². The van der Waals surface area contributed by atoms with E-state index in [0.717, 1.165) is 19.3 Å². The van der Waals surface area contributed by atoms with Gasteiger partial charge in [-0.1, -0.05) is 6.92 Å². The van der Waals surface area contributed by atoms with Gasteiger partial charge < -0.3 is 5.32 Å². The first-order valence-electron chi connectivity index (χ1n) is 7.58. The highest BCUT2D eigenvalue weighted by molar-refractivity contribution is 7.88. The molecule has 22 heavy (non-hydrogen) atoms. The van der Waals surface area contributed by atoms with Crippen LogP contribution in [0.2, 0.25) is 0 Å². The lowest BCUT2D eigenvalue weighted by atomic mass is 9.88. The SMILES string of the molecule is CCC(NC(=O)c1ccncc1)C1CCN(S(C)(=O)=O)CC1. The maximum atomic E-state index is 12.2. The third-order valence-corrected chi connectivity index (χ3v) is 5.54. The van der Waals surface area contributed by atoms with E-state index in [1.54, 1.807) is 24.5 Å². The second-order valence-electron chi connectivity index (χ2n) is 5.72. The van der Waals surface area contributed by atoms with E-state index in [2.05, 4.69) is 10.3 Å². The summed E-state index contributed by atoms with van der Waals surface area (Å²) in [5, 5.41) is 3.07. The molecule has 1 aliphatic rings. The lowest BCUT2D eigenvalue weighted by Gasteiger charge is -2.35. The molecule has 1 amide bonds. The van der Waals surface area contributed by atoms with Crippen LogP contribution in [0, 0.1) is 5.92 Å². The Bertz CT molecular complexity index is 596. The zero-order valence-corrected chi connectivity index (χ0v) is 13.8. The molecule has 1 aromatic rings. The number of nitrogens with zero attached hydrogens (tertiary/aromatic N) is 2. The predicted octanol–water partition coefficient (Wildman–Crippen LogP) is 1.26. The molecule has 0 spiro atoms. The third-order valence-electron chi connectivity index (χ3n) is 4.24. The van der Waals surface area contributed by atoms with Crippen LogP contribution in [0.3, 0.4) is 0 Å². The summed E-state index contributed by atoms with van der Waals surface area (Å²) in [4.78, 5) is 16.1. The average molecular weight is 325 g/mol. The number of amides is 1. The summed E-state index contributed by atoms with van der Waals surface area (Å²) < 4.78 is 24.6. The smallest absolute Gasteiger partial charge is 0.251 e. The summed E-state index contributed by atoms with van der Waals surface area (Å²) >= 11 is 0. The predicted molar refractivity (Wildman–Crippen MR) is 84.9 cm³/mol.